The Bertz CT molecular complexity index is 416. The Labute approximate surface area is 137 Å². The molecule has 1 aliphatic rings. The second-order valence-electron chi connectivity index (χ2n) is 6.07. The highest BCUT2D eigenvalue weighted by atomic mass is 79.9. The lowest BCUT2D eigenvalue weighted by Crippen LogP contribution is -2.19. The smallest absolute Gasteiger partial charge is 0.123 e. The Morgan fingerprint density at radius 2 is 2.05 bits per heavy atom. The van der Waals surface area contributed by atoms with Crippen LogP contribution in [0.25, 0.3) is 0 Å². The molecule has 2 nitrogen and oxygen atoms in total. The molecule has 0 amide bonds. The van der Waals surface area contributed by atoms with Crippen LogP contribution in [0.3, 0.4) is 0 Å². The van der Waals surface area contributed by atoms with Crippen LogP contribution >= 0.6 is 15.9 Å². The van der Waals surface area contributed by atoms with Gasteiger partial charge in [-0.3, -0.25) is 0 Å². The van der Waals surface area contributed by atoms with E-state index in [1.165, 1.54) is 44.1 Å². The van der Waals surface area contributed by atoms with Crippen molar-refractivity contribution in [2.24, 2.45) is 5.92 Å². The summed E-state index contributed by atoms with van der Waals surface area (Å²) in [7, 11) is 0. The van der Waals surface area contributed by atoms with Gasteiger partial charge in [-0.05, 0) is 43.5 Å². The van der Waals surface area contributed by atoms with Crippen LogP contribution in [0.2, 0.25) is 0 Å². The van der Waals surface area contributed by atoms with E-state index in [2.05, 4.69) is 46.4 Å². The average Bonchev–Trinajstić information content (AvgIpc) is 2.52. The molecule has 0 unspecified atom stereocenters. The molecule has 0 spiro atoms. The summed E-state index contributed by atoms with van der Waals surface area (Å²) in [5, 5.41) is 3.59. The van der Waals surface area contributed by atoms with Crippen LogP contribution in [0.1, 0.15) is 57.4 Å². The molecule has 118 valence electrons. The minimum Gasteiger partial charge on any atom is -0.493 e. The van der Waals surface area contributed by atoms with Gasteiger partial charge >= 0.3 is 0 Å². The number of hydrogen-bond donors (Lipinski definition) is 1. The van der Waals surface area contributed by atoms with Crippen molar-refractivity contribution >= 4 is 15.9 Å². The molecular weight excluding hydrogens is 326 g/mol. The van der Waals surface area contributed by atoms with Crippen LogP contribution in [0.15, 0.2) is 22.7 Å². The average molecular weight is 354 g/mol. The zero-order valence-electron chi connectivity index (χ0n) is 13.2. The molecule has 2 rings (SSSR count). The van der Waals surface area contributed by atoms with Crippen LogP contribution in [0, 0.1) is 5.92 Å². The fourth-order valence-electron chi connectivity index (χ4n) is 3.04. The number of benzene rings is 1. The second kappa shape index (κ2) is 9.47. The topological polar surface area (TPSA) is 21.3 Å². The van der Waals surface area contributed by atoms with Gasteiger partial charge in [0.15, 0.2) is 0 Å². The van der Waals surface area contributed by atoms with E-state index in [0.717, 1.165) is 42.3 Å². The third kappa shape index (κ3) is 5.99. The molecule has 0 saturated heterocycles. The van der Waals surface area contributed by atoms with Crippen LogP contribution in [0.5, 0.6) is 5.75 Å². The largest absolute Gasteiger partial charge is 0.493 e. The van der Waals surface area contributed by atoms with Crippen LogP contribution in [0.4, 0.5) is 0 Å². The first-order valence-corrected chi connectivity index (χ1v) is 9.21. The highest BCUT2D eigenvalue weighted by Crippen LogP contribution is 2.26. The summed E-state index contributed by atoms with van der Waals surface area (Å²) in [6.45, 7) is 4.94. The molecule has 1 aromatic carbocycles. The Hall–Kier alpha value is -0.540. The van der Waals surface area contributed by atoms with Gasteiger partial charge in [-0.2, -0.15) is 0 Å². The van der Waals surface area contributed by atoms with Gasteiger partial charge in [0.1, 0.15) is 5.75 Å². The Kier molecular flexibility index (Phi) is 7.59. The first kappa shape index (κ1) is 16.8. The Morgan fingerprint density at radius 1 is 1.24 bits per heavy atom. The van der Waals surface area contributed by atoms with Gasteiger partial charge in [0.25, 0.3) is 0 Å². The molecule has 1 aliphatic carbocycles. The number of halogens is 1. The van der Waals surface area contributed by atoms with E-state index in [1.807, 2.05) is 0 Å². The SMILES string of the molecule is CCCOc1ccc(Br)cc1CNCCC1CCCCC1. The van der Waals surface area contributed by atoms with Gasteiger partial charge in [0.05, 0.1) is 6.61 Å². The van der Waals surface area contributed by atoms with Gasteiger partial charge < -0.3 is 10.1 Å². The van der Waals surface area contributed by atoms with Gasteiger partial charge in [0, 0.05) is 16.6 Å². The van der Waals surface area contributed by atoms with Gasteiger partial charge in [-0.25, -0.2) is 0 Å². The number of nitrogens with one attached hydrogen (secondary N) is 1. The highest BCUT2D eigenvalue weighted by Gasteiger charge is 2.12. The second-order valence-corrected chi connectivity index (χ2v) is 6.99. The summed E-state index contributed by atoms with van der Waals surface area (Å²) in [5.74, 6) is 1.97. The maximum absolute atomic E-state index is 5.83. The molecule has 0 heterocycles. The molecule has 3 heteroatoms. The van der Waals surface area contributed by atoms with Crippen molar-refractivity contribution in [2.45, 2.75) is 58.4 Å². The summed E-state index contributed by atoms with van der Waals surface area (Å²) in [6, 6.07) is 6.28. The van der Waals surface area contributed by atoms with E-state index in [1.54, 1.807) is 0 Å². The standard InChI is InChI=1S/C18H28BrNO/c1-2-12-21-18-9-8-17(19)13-16(18)14-20-11-10-15-6-4-3-5-7-15/h8-9,13,15,20H,2-7,10-12,14H2,1H3. The molecule has 1 N–H and O–H groups in total. The summed E-state index contributed by atoms with van der Waals surface area (Å²) in [5.41, 5.74) is 1.25. The third-order valence-corrected chi connectivity index (χ3v) is 4.75. The Morgan fingerprint density at radius 3 is 2.81 bits per heavy atom. The van der Waals surface area contributed by atoms with Crippen molar-refractivity contribution < 1.29 is 4.74 Å². The van der Waals surface area contributed by atoms with Crippen LogP contribution in [-0.2, 0) is 6.54 Å². The van der Waals surface area contributed by atoms with Crippen molar-refractivity contribution in [2.75, 3.05) is 13.2 Å². The van der Waals surface area contributed by atoms with E-state index in [4.69, 9.17) is 4.74 Å². The molecular formula is C18H28BrNO. The summed E-state index contributed by atoms with van der Waals surface area (Å²) < 4.78 is 6.95. The maximum Gasteiger partial charge on any atom is 0.123 e. The first-order valence-electron chi connectivity index (χ1n) is 8.41. The van der Waals surface area contributed by atoms with Crippen molar-refractivity contribution in [3.05, 3.63) is 28.2 Å². The lowest BCUT2D eigenvalue weighted by molar-refractivity contribution is 0.312. The highest BCUT2D eigenvalue weighted by molar-refractivity contribution is 9.10. The van der Waals surface area contributed by atoms with Crippen molar-refractivity contribution in [1.29, 1.82) is 0 Å². The zero-order chi connectivity index (χ0) is 14.9. The number of rotatable bonds is 8. The Balaban J connectivity index is 1.77. The molecule has 1 fully saturated rings. The predicted molar refractivity (Wildman–Crippen MR) is 92.8 cm³/mol. The van der Waals surface area contributed by atoms with E-state index in [0.29, 0.717) is 0 Å². The fourth-order valence-corrected chi connectivity index (χ4v) is 3.45. The maximum atomic E-state index is 5.83. The molecule has 21 heavy (non-hydrogen) atoms. The molecule has 0 atom stereocenters. The molecule has 0 aliphatic heterocycles. The molecule has 0 bridgehead atoms. The van der Waals surface area contributed by atoms with Gasteiger partial charge in [0.2, 0.25) is 0 Å². The predicted octanol–water partition coefficient (Wildman–Crippen LogP) is 5.30. The minimum atomic E-state index is 0.788. The normalized spacial score (nSPS) is 16.1. The monoisotopic (exact) mass is 353 g/mol. The van der Waals surface area contributed by atoms with Crippen molar-refractivity contribution in [3.8, 4) is 5.75 Å². The van der Waals surface area contributed by atoms with Gasteiger partial charge in [-0.15, -0.1) is 0 Å². The van der Waals surface area contributed by atoms with E-state index >= 15 is 0 Å². The lowest BCUT2D eigenvalue weighted by atomic mass is 9.87. The first-order chi connectivity index (χ1) is 10.3. The van der Waals surface area contributed by atoms with Crippen LogP contribution < -0.4 is 10.1 Å². The summed E-state index contributed by atoms with van der Waals surface area (Å²) >= 11 is 3.55. The van der Waals surface area contributed by atoms with Crippen LogP contribution in [-0.4, -0.2) is 13.2 Å². The summed E-state index contributed by atoms with van der Waals surface area (Å²) in [4.78, 5) is 0. The number of hydrogen-bond acceptors (Lipinski definition) is 2. The van der Waals surface area contributed by atoms with Gasteiger partial charge in [-0.1, -0.05) is 55.0 Å². The zero-order valence-corrected chi connectivity index (χ0v) is 14.8. The molecule has 0 radical (unpaired) electrons. The van der Waals surface area contributed by atoms with E-state index in [-0.39, 0.29) is 0 Å². The van der Waals surface area contributed by atoms with Crippen molar-refractivity contribution in [3.63, 3.8) is 0 Å². The quantitative estimate of drug-likeness (QED) is 0.640. The fraction of sp³-hybridized carbons (Fsp3) is 0.667. The molecule has 1 aromatic rings. The summed E-state index contributed by atoms with van der Waals surface area (Å²) in [6.07, 6.45) is 9.55. The van der Waals surface area contributed by atoms with E-state index < -0.39 is 0 Å². The molecule has 1 saturated carbocycles. The van der Waals surface area contributed by atoms with E-state index in [9.17, 15) is 0 Å². The minimum absolute atomic E-state index is 0.788. The lowest BCUT2D eigenvalue weighted by Gasteiger charge is -2.21. The van der Waals surface area contributed by atoms with Crippen molar-refractivity contribution in [1.82, 2.24) is 5.32 Å². The third-order valence-electron chi connectivity index (χ3n) is 4.25. The number of ether oxygens (including phenoxy) is 1. The molecule has 0 aromatic heterocycles.